The molecule has 4 aromatic rings. The van der Waals surface area contributed by atoms with Crippen LogP contribution in [0.3, 0.4) is 0 Å². The number of Topliss-reactive ketones (excluding diaryl/α,β-unsaturated/α-hetero) is 1. The van der Waals surface area contributed by atoms with Gasteiger partial charge in [-0.2, -0.15) is 0 Å². The molecule has 0 saturated carbocycles. The van der Waals surface area contributed by atoms with Crippen LogP contribution in [0.2, 0.25) is 0 Å². The van der Waals surface area contributed by atoms with Crippen molar-refractivity contribution in [1.29, 1.82) is 0 Å². The van der Waals surface area contributed by atoms with Crippen molar-refractivity contribution in [3.63, 3.8) is 0 Å². The van der Waals surface area contributed by atoms with Crippen LogP contribution in [0.25, 0.3) is 0 Å². The molecule has 1 atom stereocenters. The molecular formula is C36H34FN3O6. The second kappa shape index (κ2) is 13.6. The summed E-state index contributed by atoms with van der Waals surface area (Å²) in [4.78, 5) is 56.7. The smallest absolute Gasteiger partial charge is 0.299 e. The fraction of sp³-hybridized carbons (Fsp3) is 0.222. The van der Waals surface area contributed by atoms with E-state index in [1.54, 1.807) is 54.6 Å². The maximum atomic E-state index is 15.1. The summed E-state index contributed by atoms with van der Waals surface area (Å²) in [5, 5.41) is 2.87. The summed E-state index contributed by atoms with van der Waals surface area (Å²) in [6.45, 7) is 3.23. The quantitative estimate of drug-likeness (QED) is 0.209. The Balaban J connectivity index is 1.59. The summed E-state index contributed by atoms with van der Waals surface area (Å²) >= 11 is 0. The first-order valence-electron chi connectivity index (χ1n) is 14.7. The average Bonchev–Trinajstić information content (AvgIpc) is 3.30. The van der Waals surface area contributed by atoms with Gasteiger partial charge in [0, 0.05) is 18.2 Å². The largest absolute Gasteiger partial charge is 0.497 e. The van der Waals surface area contributed by atoms with E-state index in [4.69, 9.17) is 9.47 Å². The summed E-state index contributed by atoms with van der Waals surface area (Å²) in [5.41, 5.74) is 2.45. The maximum absolute atomic E-state index is 15.1. The Morgan fingerprint density at radius 2 is 1.54 bits per heavy atom. The van der Waals surface area contributed by atoms with Gasteiger partial charge in [0.1, 0.15) is 29.9 Å². The lowest BCUT2D eigenvalue weighted by Crippen LogP contribution is -2.46. The topological polar surface area (TPSA) is 105 Å². The Morgan fingerprint density at radius 3 is 2.22 bits per heavy atom. The second-order valence-corrected chi connectivity index (χ2v) is 11.1. The van der Waals surface area contributed by atoms with Gasteiger partial charge in [0.05, 0.1) is 31.2 Å². The number of carbonyl (C=O) groups is 4. The third kappa shape index (κ3) is 6.46. The third-order valence-corrected chi connectivity index (χ3v) is 7.94. The predicted molar refractivity (Wildman–Crippen MR) is 172 cm³/mol. The van der Waals surface area contributed by atoms with E-state index >= 15 is 4.39 Å². The van der Waals surface area contributed by atoms with E-state index in [9.17, 15) is 19.2 Å². The van der Waals surface area contributed by atoms with E-state index < -0.39 is 41.9 Å². The normalized spacial score (nSPS) is 13.0. The molecule has 0 aliphatic carbocycles. The lowest BCUT2D eigenvalue weighted by Gasteiger charge is -2.33. The van der Waals surface area contributed by atoms with Gasteiger partial charge in [-0.1, -0.05) is 68.4 Å². The molecule has 10 heteroatoms. The van der Waals surface area contributed by atoms with Crippen LogP contribution in [0, 0.1) is 5.82 Å². The molecule has 9 nitrogen and oxygen atoms in total. The molecule has 0 radical (unpaired) electrons. The Labute approximate surface area is 266 Å². The molecule has 3 amide bonds. The number of para-hydroxylation sites is 1. The van der Waals surface area contributed by atoms with Gasteiger partial charge in [-0.15, -0.1) is 0 Å². The maximum Gasteiger partial charge on any atom is 0.299 e. The molecule has 0 saturated heterocycles. The van der Waals surface area contributed by atoms with E-state index in [1.807, 2.05) is 26.0 Å². The molecule has 4 aromatic carbocycles. The Kier molecular flexibility index (Phi) is 9.46. The fourth-order valence-electron chi connectivity index (χ4n) is 5.40. The number of hydrogen-bond donors (Lipinski definition) is 1. The fourth-order valence-corrected chi connectivity index (χ4v) is 5.40. The number of amides is 3. The van der Waals surface area contributed by atoms with Crippen molar-refractivity contribution >= 4 is 34.9 Å². The monoisotopic (exact) mass is 623 g/mol. The molecule has 0 spiro atoms. The molecule has 46 heavy (non-hydrogen) atoms. The zero-order valence-electron chi connectivity index (χ0n) is 26.0. The summed E-state index contributed by atoms with van der Waals surface area (Å²) < 4.78 is 25.8. The van der Waals surface area contributed by atoms with Gasteiger partial charge in [-0.05, 0) is 47.4 Å². The average molecular weight is 624 g/mol. The highest BCUT2D eigenvalue weighted by atomic mass is 19.1. The van der Waals surface area contributed by atoms with Crippen molar-refractivity contribution in [3.8, 4) is 11.5 Å². The molecule has 236 valence electrons. The number of fused-ring (bicyclic) bond motifs is 1. The van der Waals surface area contributed by atoms with Crippen molar-refractivity contribution in [2.45, 2.75) is 32.4 Å². The van der Waals surface area contributed by atoms with E-state index in [0.29, 0.717) is 28.4 Å². The highest BCUT2D eigenvalue weighted by molar-refractivity contribution is 6.52. The Morgan fingerprint density at radius 1 is 0.870 bits per heavy atom. The number of nitrogens with one attached hydrogen (secondary N) is 1. The van der Waals surface area contributed by atoms with Crippen LogP contribution in [0.15, 0.2) is 91.0 Å². The predicted octanol–water partition coefficient (Wildman–Crippen LogP) is 5.90. The van der Waals surface area contributed by atoms with Gasteiger partial charge in [0.25, 0.3) is 17.6 Å². The number of hydrogen-bond acceptors (Lipinski definition) is 6. The molecule has 0 bridgehead atoms. The lowest BCUT2D eigenvalue weighted by atomic mass is 9.97. The zero-order valence-corrected chi connectivity index (χ0v) is 26.0. The number of halogens is 1. The summed E-state index contributed by atoms with van der Waals surface area (Å²) in [5.74, 6) is -2.38. The van der Waals surface area contributed by atoms with Crippen molar-refractivity contribution < 1.29 is 33.0 Å². The minimum Gasteiger partial charge on any atom is -0.497 e. The number of nitrogens with zero attached hydrogens (tertiary/aromatic N) is 2. The van der Waals surface area contributed by atoms with Crippen LogP contribution in [0.1, 0.15) is 52.9 Å². The molecule has 0 fully saturated rings. The standard InChI is InChI=1S/C36H34FN3O6/c1-22(2)23-13-15-24(16-14-23)33(35(43)38-29-18-17-26(45-3)19-31(29)46-4)40(20-25-9-5-7-11-28(25)37)32(41)21-39-30-12-8-6-10-27(30)34(42)36(39)44/h5-19,22,33H,20-21H2,1-4H3,(H,38,43). The molecule has 0 aromatic heterocycles. The highest BCUT2D eigenvalue weighted by Crippen LogP contribution is 2.34. The molecular weight excluding hydrogens is 589 g/mol. The lowest BCUT2D eigenvalue weighted by molar-refractivity contribution is -0.139. The number of ether oxygens (including phenoxy) is 2. The molecule has 1 N–H and O–H groups in total. The van der Waals surface area contributed by atoms with Crippen LogP contribution in [-0.4, -0.2) is 49.2 Å². The zero-order chi connectivity index (χ0) is 33.0. The van der Waals surface area contributed by atoms with Crippen LogP contribution < -0.4 is 19.7 Å². The third-order valence-electron chi connectivity index (χ3n) is 7.94. The van der Waals surface area contributed by atoms with E-state index in [-0.39, 0.29) is 23.6 Å². The van der Waals surface area contributed by atoms with Crippen LogP contribution in [0.5, 0.6) is 11.5 Å². The molecule has 1 unspecified atom stereocenters. The molecule has 1 aliphatic heterocycles. The number of ketones is 1. The number of methoxy groups -OCH3 is 2. The van der Waals surface area contributed by atoms with Crippen molar-refractivity contribution in [2.24, 2.45) is 0 Å². The Bertz CT molecular complexity index is 1790. The van der Waals surface area contributed by atoms with Gasteiger partial charge in [0.15, 0.2) is 0 Å². The van der Waals surface area contributed by atoms with Gasteiger partial charge < -0.3 is 19.7 Å². The summed E-state index contributed by atoms with van der Waals surface area (Å²) in [7, 11) is 2.96. The number of carbonyl (C=O) groups excluding carboxylic acids is 4. The van der Waals surface area contributed by atoms with Crippen molar-refractivity contribution in [3.05, 3.63) is 119 Å². The first-order chi connectivity index (χ1) is 22.1. The van der Waals surface area contributed by atoms with Gasteiger partial charge in [-0.25, -0.2) is 4.39 Å². The van der Waals surface area contributed by atoms with E-state index in [2.05, 4.69) is 5.32 Å². The number of benzene rings is 4. The van der Waals surface area contributed by atoms with E-state index in [0.717, 1.165) is 10.5 Å². The SMILES string of the molecule is COc1ccc(NC(=O)C(c2ccc(C(C)C)cc2)N(Cc2ccccc2F)C(=O)CN2C(=O)C(=O)c3ccccc32)c(OC)c1. The number of rotatable bonds is 11. The molecule has 5 rings (SSSR count). The van der Waals surface area contributed by atoms with Crippen LogP contribution in [0.4, 0.5) is 15.8 Å². The second-order valence-electron chi connectivity index (χ2n) is 11.1. The minimum atomic E-state index is -1.27. The highest BCUT2D eigenvalue weighted by Gasteiger charge is 2.39. The van der Waals surface area contributed by atoms with Crippen LogP contribution in [-0.2, 0) is 20.9 Å². The number of anilines is 2. The first-order valence-corrected chi connectivity index (χ1v) is 14.7. The van der Waals surface area contributed by atoms with Gasteiger partial charge in [-0.3, -0.25) is 24.1 Å². The summed E-state index contributed by atoms with van der Waals surface area (Å²) in [6.07, 6.45) is 0. The van der Waals surface area contributed by atoms with E-state index in [1.165, 1.54) is 43.4 Å². The first kappa shape index (κ1) is 31.9. The molecule has 1 heterocycles. The van der Waals surface area contributed by atoms with Gasteiger partial charge >= 0.3 is 0 Å². The molecule has 1 aliphatic rings. The Hall–Kier alpha value is -5.51. The van der Waals surface area contributed by atoms with Gasteiger partial charge in [0.2, 0.25) is 5.91 Å². The van der Waals surface area contributed by atoms with Crippen molar-refractivity contribution in [1.82, 2.24) is 4.90 Å². The minimum absolute atomic E-state index is 0.165. The van der Waals surface area contributed by atoms with Crippen LogP contribution >= 0.6 is 0 Å². The van der Waals surface area contributed by atoms with Crippen molar-refractivity contribution in [2.75, 3.05) is 31.0 Å². The summed E-state index contributed by atoms with van der Waals surface area (Å²) in [6, 6.07) is 23.2.